The van der Waals surface area contributed by atoms with Crippen LogP contribution in [0.2, 0.25) is 0 Å². The minimum absolute atomic E-state index is 0.138. The molecule has 0 spiro atoms. The fourth-order valence-corrected chi connectivity index (χ4v) is 8.40. The monoisotopic (exact) mass is 894 g/mol. The Bertz CT molecular complexity index is 2620. The number of hydrogen-bond donors (Lipinski definition) is 0. The highest BCUT2D eigenvalue weighted by Crippen LogP contribution is 2.26. The van der Waals surface area contributed by atoms with Crippen LogP contribution in [0.25, 0.3) is 44.7 Å². The predicted molar refractivity (Wildman–Crippen MR) is 248 cm³/mol. The fraction of sp³-hybridized carbons (Fsp3) is 0.385. The second kappa shape index (κ2) is 21.8. The van der Waals surface area contributed by atoms with Gasteiger partial charge in [0.25, 0.3) is 11.8 Å². The van der Waals surface area contributed by atoms with Gasteiger partial charge in [-0.2, -0.15) is 0 Å². The smallest absolute Gasteiger partial charge is 0.347 e. The summed E-state index contributed by atoms with van der Waals surface area (Å²) in [6.07, 6.45) is 14.2. The number of ether oxygens (including phenoxy) is 2. The summed E-state index contributed by atoms with van der Waals surface area (Å²) < 4.78 is 23.0. The first kappa shape index (κ1) is 45.6. The lowest BCUT2D eigenvalue weighted by molar-refractivity contribution is -0.129. The van der Waals surface area contributed by atoms with Crippen LogP contribution in [0.5, 0.6) is 11.5 Å². The zero-order valence-electron chi connectivity index (χ0n) is 37.1. The van der Waals surface area contributed by atoms with Crippen molar-refractivity contribution < 1.29 is 37.5 Å². The summed E-state index contributed by atoms with van der Waals surface area (Å²) in [6, 6.07) is 23.7. The van der Waals surface area contributed by atoms with Crippen LogP contribution in [-0.4, -0.2) is 69.7 Å². The molecule has 2 aromatic heterocycles. The van der Waals surface area contributed by atoms with Gasteiger partial charge >= 0.3 is 11.3 Å². The van der Waals surface area contributed by atoms with E-state index in [1.54, 1.807) is 48.5 Å². The summed E-state index contributed by atoms with van der Waals surface area (Å²) in [5.41, 5.74) is 1.37. The van der Waals surface area contributed by atoms with Crippen LogP contribution < -0.4 is 20.7 Å². The number of aromatic nitrogens is 2. The van der Waals surface area contributed by atoms with Crippen LogP contribution in [0.4, 0.5) is 0 Å². The topological polar surface area (TPSA) is 179 Å². The average Bonchev–Trinajstić information content (AvgIpc) is 3.70. The first-order valence-electron chi connectivity index (χ1n) is 23.3. The molecule has 0 atom stereocenters. The maximum Gasteiger partial charge on any atom is 0.347 e. The molecular weight excluding hydrogens is 841 g/mol. The van der Waals surface area contributed by atoms with E-state index in [-0.39, 0.29) is 46.2 Å². The third-order valence-corrected chi connectivity index (χ3v) is 12.2. The minimum Gasteiger partial charge on any atom is -0.494 e. The molecule has 2 fully saturated rings. The van der Waals surface area contributed by atoms with E-state index >= 15 is 0 Å². The van der Waals surface area contributed by atoms with Crippen molar-refractivity contribution in [2.75, 3.05) is 26.3 Å². The quantitative estimate of drug-likeness (QED) is 0.0626. The zero-order valence-corrected chi connectivity index (χ0v) is 37.1. The fourth-order valence-electron chi connectivity index (χ4n) is 8.40. The van der Waals surface area contributed by atoms with Gasteiger partial charge in [0.05, 0.1) is 35.0 Å². The molecule has 2 aliphatic rings. The Morgan fingerprint density at radius 3 is 1.29 bits per heavy atom. The summed E-state index contributed by atoms with van der Waals surface area (Å²) in [4.78, 5) is 88.7. The molecule has 342 valence electrons. The van der Waals surface area contributed by atoms with E-state index in [4.69, 9.17) is 18.3 Å². The molecule has 0 N–H and O–H groups in total. The highest BCUT2D eigenvalue weighted by atomic mass is 16.5. The van der Waals surface area contributed by atoms with Gasteiger partial charge in [-0.25, -0.2) is 19.6 Å². The number of rotatable bonds is 17. The van der Waals surface area contributed by atoms with Crippen LogP contribution in [0.15, 0.2) is 103 Å². The van der Waals surface area contributed by atoms with E-state index in [2.05, 4.69) is 9.97 Å². The molecular formula is C52H54N4O10. The standard InChI is InChI=1S/C52H54N4O10/c57-45-15-9-7-11-29-55(45)49(59)37-21-27-41-43(33-37)53-47(65-51(41)61)35-17-23-39(24-18-35)63-31-13-5-3-1-2-4-6-14-32-64-40-25-19-36(20-26-40)48-54-44-34-38(22-28-42(44)52(62)66-48)50(60)56-30-12-8-10-16-46(56)58/h17-28,33-34H,1-16,29-32H2. The Hall–Kier alpha value is -6.96. The van der Waals surface area contributed by atoms with Crippen molar-refractivity contribution in [3.05, 3.63) is 117 Å². The van der Waals surface area contributed by atoms with Gasteiger partial charge in [0, 0.05) is 48.2 Å². The van der Waals surface area contributed by atoms with Crippen molar-refractivity contribution in [2.45, 2.75) is 103 Å². The van der Waals surface area contributed by atoms with E-state index in [0.717, 1.165) is 89.9 Å². The SMILES string of the molecule is O=C1CCCCCN1C(=O)c1ccc2c(=O)oc(-c3ccc(OCCCCCCCCCCOc4ccc(-c5nc6cc(C(=O)N7CCCCCC7=O)ccc6c(=O)o5)cc4)cc3)nc2c1. The van der Waals surface area contributed by atoms with Crippen LogP contribution in [-0.2, 0) is 9.59 Å². The van der Waals surface area contributed by atoms with Gasteiger partial charge in [0.2, 0.25) is 23.6 Å². The maximum atomic E-state index is 13.2. The number of unbranched alkanes of at least 4 members (excludes halogenated alkanes) is 7. The number of carbonyl (C=O) groups is 4. The molecule has 14 nitrogen and oxygen atoms in total. The van der Waals surface area contributed by atoms with E-state index in [1.165, 1.54) is 21.9 Å². The van der Waals surface area contributed by atoms with Gasteiger partial charge in [-0.05, 0) is 123 Å². The molecule has 4 amide bonds. The number of amides is 4. The van der Waals surface area contributed by atoms with Crippen molar-refractivity contribution in [3.63, 3.8) is 0 Å². The first-order valence-corrected chi connectivity index (χ1v) is 23.3. The Balaban J connectivity index is 0.710. The number of fused-ring (bicyclic) bond motifs is 2. The Labute approximate surface area is 381 Å². The molecule has 4 aromatic carbocycles. The first-order chi connectivity index (χ1) is 32.2. The van der Waals surface area contributed by atoms with E-state index in [9.17, 15) is 28.8 Å². The molecule has 0 saturated carbocycles. The van der Waals surface area contributed by atoms with Gasteiger partial charge in [0.1, 0.15) is 11.5 Å². The van der Waals surface area contributed by atoms with Crippen LogP contribution in [0.1, 0.15) is 123 Å². The van der Waals surface area contributed by atoms with Crippen molar-refractivity contribution in [1.82, 2.24) is 19.8 Å². The molecule has 6 aromatic rings. The number of benzene rings is 4. The van der Waals surface area contributed by atoms with Gasteiger partial charge in [-0.3, -0.25) is 29.0 Å². The normalized spacial score (nSPS) is 14.6. The van der Waals surface area contributed by atoms with Crippen molar-refractivity contribution >= 4 is 45.4 Å². The Morgan fingerprint density at radius 2 is 0.879 bits per heavy atom. The number of likely N-dealkylation sites (tertiary alicyclic amines) is 2. The van der Waals surface area contributed by atoms with Gasteiger partial charge in [0.15, 0.2) is 0 Å². The van der Waals surface area contributed by atoms with Crippen molar-refractivity contribution in [2.24, 2.45) is 0 Å². The number of hydrogen-bond acceptors (Lipinski definition) is 12. The summed E-state index contributed by atoms with van der Waals surface area (Å²) in [7, 11) is 0. The molecule has 2 saturated heterocycles. The van der Waals surface area contributed by atoms with Gasteiger partial charge in [-0.15, -0.1) is 0 Å². The van der Waals surface area contributed by atoms with Crippen LogP contribution in [0, 0.1) is 0 Å². The molecule has 2 aliphatic heterocycles. The molecule has 8 rings (SSSR count). The Morgan fingerprint density at radius 1 is 0.485 bits per heavy atom. The van der Waals surface area contributed by atoms with Crippen LogP contribution in [0.3, 0.4) is 0 Å². The molecule has 0 radical (unpaired) electrons. The lowest BCUT2D eigenvalue weighted by atomic mass is 10.1. The summed E-state index contributed by atoms with van der Waals surface area (Å²) in [5.74, 6) is 0.581. The Kier molecular flexibility index (Phi) is 15.1. The summed E-state index contributed by atoms with van der Waals surface area (Å²) in [5, 5.41) is 0.522. The molecule has 0 bridgehead atoms. The second-order valence-electron chi connectivity index (χ2n) is 17.0. The van der Waals surface area contributed by atoms with Gasteiger partial charge < -0.3 is 18.3 Å². The number of carbonyl (C=O) groups excluding carboxylic acids is 4. The maximum absolute atomic E-state index is 13.2. The summed E-state index contributed by atoms with van der Waals surface area (Å²) >= 11 is 0. The van der Waals surface area contributed by atoms with Crippen molar-refractivity contribution in [1.29, 1.82) is 0 Å². The lowest BCUT2D eigenvalue weighted by Gasteiger charge is -2.18. The second-order valence-corrected chi connectivity index (χ2v) is 17.0. The molecule has 4 heterocycles. The largest absolute Gasteiger partial charge is 0.494 e. The lowest BCUT2D eigenvalue weighted by Crippen LogP contribution is -2.36. The molecule has 0 aliphatic carbocycles. The number of nitrogens with zero attached hydrogens (tertiary/aromatic N) is 4. The summed E-state index contributed by atoms with van der Waals surface area (Å²) in [6.45, 7) is 1.97. The third-order valence-electron chi connectivity index (χ3n) is 12.2. The van der Waals surface area contributed by atoms with Gasteiger partial charge in [-0.1, -0.05) is 51.4 Å². The molecule has 14 heteroatoms. The number of imide groups is 2. The predicted octanol–water partition coefficient (Wildman–Crippen LogP) is 9.69. The van der Waals surface area contributed by atoms with Crippen LogP contribution >= 0.6 is 0 Å². The highest BCUT2D eigenvalue weighted by Gasteiger charge is 2.26. The van der Waals surface area contributed by atoms with E-state index in [1.807, 2.05) is 24.3 Å². The minimum atomic E-state index is -0.554. The zero-order chi connectivity index (χ0) is 45.8. The molecule has 66 heavy (non-hydrogen) atoms. The highest BCUT2D eigenvalue weighted by molar-refractivity contribution is 6.07. The molecule has 0 unspecified atom stereocenters. The average molecular weight is 895 g/mol. The van der Waals surface area contributed by atoms with Crippen molar-refractivity contribution in [3.8, 4) is 34.4 Å². The third kappa shape index (κ3) is 11.3. The van der Waals surface area contributed by atoms with E-state index < -0.39 is 11.3 Å². The van der Waals surface area contributed by atoms with E-state index in [0.29, 0.717) is 83.9 Å².